The molecular formula is C9H11N3O3. The van der Waals surface area contributed by atoms with Crippen LogP contribution in [0.25, 0.3) is 0 Å². The summed E-state index contributed by atoms with van der Waals surface area (Å²) in [7, 11) is 1.15. The van der Waals surface area contributed by atoms with Gasteiger partial charge in [0, 0.05) is 6.20 Å². The molecule has 0 unspecified atom stereocenters. The second kappa shape index (κ2) is 5.04. The third kappa shape index (κ3) is 3.34. The molecule has 1 aromatic rings. The van der Waals surface area contributed by atoms with Crippen LogP contribution in [-0.4, -0.2) is 29.0 Å². The number of nitrogens with one attached hydrogen (secondary N) is 1. The van der Waals surface area contributed by atoms with Crippen LogP contribution >= 0.6 is 0 Å². The summed E-state index contributed by atoms with van der Waals surface area (Å²) in [6.45, 7) is 1.92. The monoisotopic (exact) mass is 209 g/mol. The molecule has 0 spiro atoms. The van der Waals surface area contributed by atoms with Gasteiger partial charge in [-0.2, -0.15) is 0 Å². The third-order valence-electron chi connectivity index (χ3n) is 1.63. The fourth-order valence-electron chi connectivity index (χ4n) is 0.939. The molecule has 0 fully saturated rings. The molecule has 0 saturated carbocycles. The largest absolute Gasteiger partial charge is 0.462 e. The number of carbonyl (C=O) groups excluding carboxylic acids is 2. The molecule has 15 heavy (non-hydrogen) atoms. The molecule has 0 aliphatic rings. The molecule has 0 atom stereocenters. The molecule has 0 bridgehead atoms. The van der Waals surface area contributed by atoms with Crippen LogP contribution in [0.5, 0.6) is 0 Å². The fourth-order valence-corrected chi connectivity index (χ4v) is 0.939. The van der Waals surface area contributed by atoms with Crippen molar-refractivity contribution in [3.8, 4) is 0 Å². The zero-order chi connectivity index (χ0) is 11.3. The molecule has 1 rings (SSSR count). The fraction of sp³-hybridized carbons (Fsp3) is 0.333. The second-order valence-electron chi connectivity index (χ2n) is 2.77. The van der Waals surface area contributed by atoms with Crippen molar-refractivity contribution in [3.63, 3.8) is 0 Å². The van der Waals surface area contributed by atoms with E-state index in [1.54, 1.807) is 19.2 Å². The lowest BCUT2D eigenvalue weighted by Gasteiger charge is -2.03. The Labute approximate surface area is 86.7 Å². The topological polar surface area (TPSA) is 81.2 Å². The number of rotatable bonds is 2. The molecule has 6 nitrogen and oxygen atoms in total. The highest BCUT2D eigenvalue weighted by Gasteiger charge is 2.12. The van der Waals surface area contributed by atoms with Gasteiger partial charge in [-0.1, -0.05) is 0 Å². The van der Waals surface area contributed by atoms with Gasteiger partial charge in [0.25, 0.3) is 0 Å². The van der Waals surface area contributed by atoms with Gasteiger partial charge in [-0.15, -0.1) is 0 Å². The Morgan fingerprint density at radius 1 is 1.53 bits per heavy atom. The number of hydrogen-bond donors (Lipinski definition) is 1. The number of carbonyl (C=O) groups is 2. The first-order chi connectivity index (χ1) is 7.13. The van der Waals surface area contributed by atoms with Crippen LogP contribution in [0.1, 0.15) is 11.5 Å². The predicted octanol–water partition coefficient (Wildman–Crippen LogP) is -0.426. The maximum atomic E-state index is 11.0. The Kier molecular flexibility index (Phi) is 3.73. The van der Waals surface area contributed by atoms with Gasteiger partial charge in [-0.3, -0.25) is 4.79 Å². The first-order valence-electron chi connectivity index (χ1n) is 4.28. The third-order valence-corrected chi connectivity index (χ3v) is 1.63. The standard InChI is InChI=1S/C9H11N3O3/c1-6-10-4-3-7(12-6)5-11-8(13)9(14)15-2/h3-4H,5H2,1-2H3,(H,11,13). The summed E-state index contributed by atoms with van der Waals surface area (Å²) in [6.07, 6.45) is 1.59. The Balaban J connectivity index is 2.50. The van der Waals surface area contributed by atoms with Crippen LogP contribution in [-0.2, 0) is 20.9 Å². The van der Waals surface area contributed by atoms with Gasteiger partial charge in [-0.25, -0.2) is 14.8 Å². The summed E-state index contributed by atoms with van der Waals surface area (Å²) in [4.78, 5) is 29.7. The number of methoxy groups -OCH3 is 1. The van der Waals surface area contributed by atoms with Crippen LogP contribution in [0.15, 0.2) is 12.3 Å². The van der Waals surface area contributed by atoms with E-state index >= 15 is 0 Å². The summed E-state index contributed by atoms with van der Waals surface area (Å²) >= 11 is 0. The Morgan fingerprint density at radius 3 is 2.87 bits per heavy atom. The zero-order valence-electron chi connectivity index (χ0n) is 8.48. The van der Waals surface area contributed by atoms with E-state index in [-0.39, 0.29) is 6.54 Å². The molecule has 0 radical (unpaired) electrons. The number of ether oxygens (including phenoxy) is 1. The van der Waals surface area contributed by atoms with Gasteiger partial charge in [0.2, 0.25) is 0 Å². The summed E-state index contributed by atoms with van der Waals surface area (Å²) < 4.78 is 4.24. The minimum absolute atomic E-state index is 0.178. The minimum atomic E-state index is -0.916. The number of aromatic nitrogens is 2. The lowest BCUT2D eigenvalue weighted by atomic mass is 10.4. The Morgan fingerprint density at radius 2 is 2.27 bits per heavy atom. The van der Waals surface area contributed by atoms with Gasteiger partial charge in [0.15, 0.2) is 0 Å². The Bertz CT molecular complexity index is 379. The Hall–Kier alpha value is -1.98. The van der Waals surface area contributed by atoms with Crippen molar-refractivity contribution in [2.75, 3.05) is 7.11 Å². The first-order valence-corrected chi connectivity index (χ1v) is 4.28. The molecule has 1 heterocycles. The highest BCUT2D eigenvalue weighted by atomic mass is 16.5. The maximum absolute atomic E-state index is 11.0. The van der Waals surface area contributed by atoms with Gasteiger partial charge in [-0.05, 0) is 13.0 Å². The van der Waals surface area contributed by atoms with Crippen molar-refractivity contribution < 1.29 is 14.3 Å². The molecule has 1 N–H and O–H groups in total. The van der Waals surface area contributed by atoms with Crippen molar-refractivity contribution in [1.29, 1.82) is 0 Å². The van der Waals surface area contributed by atoms with E-state index in [4.69, 9.17) is 0 Å². The second-order valence-corrected chi connectivity index (χ2v) is 2.77. The van der Waals surface area contributed by atoms with E-state index in [0.29, 0.717) is 11.5 Å². The molecule has 1 amide bonds. The number of aryl methyl sites for hydroxylation is 1. The zero-order valence-corrected chi connectivity index (χ0v) is 8.48. The highest BCUT2D eigenvalue weighted by molar-refractivity contribution is 6.32. The van der Waals surface area contributed by atoms with E-state index in [1.165, 1.54) is 0 Å². The summed E-state index contributed by atoms with van der Waals surface area (Å²) in [5.41, 5.74) is 0.639. The SMILES string of the molecule is COC(=O)C(=O)NCc1ccnc(C)n1. The average molecular weight is 209 g/mol. The van der Waals surface area contributed by atoms with Crippen molar-refractivity contribution in [2.45, 2.75) is 13.5 Å². The van der Waals surface area contributed by atoms with Gasteiger partial charge in [0.1, 0.15) is 5.82 Å². The van der Waals surface area contributed by atoms with Gasteiger partial charge < -0.3 is 10.1 Å². The van der Waals surface area contributed by atoms with E-state index < -0.39 is 11.9 Å². The van der Waals surface area contributed by atoms with Crippen molar-refractivity contribution in [2.24, 2.45) is 0 Å². The summed E-state index contributed by atoms with van der Waals surface area (Å²) in [5, 5.41) is 2.37. The van der Waals surface area contributed by atoms with Gasteiger partial charge >= 0.3 is 11.9 Å². The number of amides is 1. The molecule has 0 aliphatic heterocycles. The van der Waals surface area contributed by atoms with E-state index in [2.05, 4.69) is 20.0 Å². The molecule has 0 aliphatic carbocycles. The van der Waals surface area contributed by atoms with E-state index in [1.807, 2.05) is 0 Å². The predicted molar refractivity (Wildman–Crippen MR) is 50.6 cm³/mol. The van der Waals surface area contributed by atoms with E-state index in [0.717, 1.165) is 7.11 Å². The minimum Gasteiger partial charge on any atom is -0.462 e. The smallest absolute Gasteiger partial charge is 0.396 e. The quantitative estimate of drug-likeness (QED) is 0.528. The van der Waals surface area contributed by atoms with Crippen LogP contribution in [0, 0.1) is 6.92 Å². The normalized spacial score (nSPS) is 9.47. The average Bonchev–Trinajstić information content (AvgIpc) is 2.25. The van der Waals surface area contributed by atoms with Crippen molar-refractivity contribution in [3.05, 3.63) is 23.8 Å². The summed E-state index contributed by atoms with van der Waals surface area (Å²) in [6, 6.07) is 1.66. The van der Waals surface area contributed by atoms with Crippen molar-refractivity contribution in [1.82, 2.24) is 15.3 Å². The molecule has 0 aromatic carbocycles. The lowest BCUT2D eigenvalue weighted by Crippen LogP contribution is -2.31. The summed E-state index contributed by atoms with van der Waals surface area (Å²) in [5.74, 6) is -1.09. The number of hydrogen-bond acceptors (Lipinski definition) is 5. The van der Waals surface area contributed by atoms with E-state index in [9.17, 15) is 9.59 Å². The maximum Gasteiger partial charge on any atom is 0.396 e. The number of esters is 1. The van der Waals surface area contributed by atoms with Crippen LogP contribution in [0.3, 0.4) is 0 Å². The van der Waals surface area contributed by atoms with Gasteiger partial charge in [0.05, 0.1) is 19.3 Å². The molecule has 6 heteroatoms. The molecule has 1 aromatic heterocycles. The molecule has 0 saturated heterocycles. The molecule has 80 valence electrons. The van der Waals surface area contributed by atoms with Crippen LogP contribution in [0.4, 0.5) is 0 Å². The lowest BCUT2D eigenvalue weighted by molar-refractivity contribution is -0.152. The highest BCUT2D eigenvalue weighted by Crippen LogP contribution is 1.93. The first kappa shape index (κ1) is 11.1. The van der Waals surface area contributed by atoms with Crippen molar-refractivity contribution >= 4 is 11.9 Å². The molecular weight excluding hydrogens is 198 g/mol. The van der Waals surface area contributed by atoms with Crippen LogP contribution < -0.4 is 5.32 Å². The van der Waals surface area contributed by atoms with Crippen LogP contribution in [0.2, 0.25) is 0 Å². The number of nitrogens with zero attached hydrogens (tertiary/aromatic N) is 2.